The molecule has 1 aromatic heterocycles. The Morgan fingerprint density at radius 3 is 3.00 bits per heavy atom. The maximum atomic E-state index is 5.79. The van der Waals surface area contributed by atoms with Crippen LogP contribution in [0.5, 0.6) is 0 Å². The minimum Gasteiger partial charge on any atom is -0.284 e. The summed E-state index contributed by atoms with van der Waals surface area (Å²) in [5, 5.41) is 7.83. The first kappa shape index (κ1) is 10.9. The van der Waals surface area contributed by atoms with Crippen LogP contribution in [0.25, 0.3) is 5.69 Å². The van der Waals surface area contributed by atoms with Crippen molar-refractivity contribution in [3.8, 4) is 5.69 Å². The van der Waals surface area contributed by atoms with Crippen LogP contribution in [-0.2, 0) is 5.88 Å². The van der Waals surface area contributed by atoms with Crippen molar-refractivity contribution in [1.29, 1.82) is 0 Å². The largest absolute Gasteiger partial charge is 0.284 e. The Labute approximate surface area is 107 Å². The molecule has 1 aromatic carbocycles. The van der Waals surface area contributed by atoms with Gasteiger partial charge in [0.1, 0.15) is 6.33 Å². The molecule has 0 atom stereocenters. The summed E-state index contributed by atoms with van der Waals surface area (Å²) in [6.45, 7) is 2.08. The Hall–Kier alpha value is -0.620. The average molecular weight is 334 g/mol. The van der Waals surface area contributed by atoms with Crippen molar-refractivity contribution in [2.45, 2.75) is 12.8 Å². The first-order valence-corrected chi connectivity index (χ1v) is 6.05. The molecule has 0 spiro atoms. The molecule has 0 amide bonds. The fourth-order valence-corrected chi connectivity index (χ4v) is 2.07. The Morgan fingerprint density at radius 2 is 2.27 bits per heavy atom. The van der Waals surface area contributed by atoms with E-state index in [4.69, 9.17) is 11.6 Å². The fraction of sp³-hybridized carbons (Fsp3) is 0.200. The third kappa shape index (κ3) is 2.01. The van der Waals surface area contributed by atoms with Crippen LogP contribution in [0.15, 0.2) is 24.5 Å². The Kier molecular flexibility index (Phi) is 3.25. The number of rotatable bonds is 2. The SMILES string of the molecule is Cc1c(I)cccc1-n1cnnc1CCl. The molecular weight excluding hydrogens is 324 g/mol. The topological polar surface area (TPSA) is 30.7 Å². The van der Waals surface area contributed by atoms with Crippen LogP contribution in [0, 0.1) is 10.5 Å². The quantitative estimate of drug-likeness (QED) is 0.625. The average Bonchev–Trinajstić information content (AvgIpc) is 2.70. The first-order chi connectivity index (χ1) is 7.24. The van der Waals surface area contributed by atoms with Crippen molar-refractivity contribution in [1.82, 2.24) is 14.8 Å². The standard InChI is InChI=1S/C10H9ClIN3/c1-7-8(12)3-2-4-9(7)15-6-13-14-10(15)5-11/h2-4,6H,5H2,1H3. The lowest BCUT2D eigenvalue weighted by Gasteiger charge is -2.09. The van der Waals surface area contributed by atoms with E-state index in [0.29, 0.717) is 5.88 Å². The van der Waals surface area contributed by atoms with Gasteiger partial charge in [-0.3, -0.25) is 4.57 Å². The molecule has 15 heavy (non-hydrogen) atoms. The summed E-state index contributed by atoms with van der Waals surface area (Å²) in [5.74, 6) is 1.13. The maximum absolute atomic E-state index is 5.79. The number of hydrogen-bond donors (Lipinski definition) is 0. The van der Waals surface area contributed by atoms with Gasteiger partial charge in [0.05, 0.1) is 11.6 Å². The number of aromatic nitrogens is 3. The molecule has 78 valence electrons. The molecule has 3 nitrogen and oxygen atoms in total. The summed E-state index contributed by atoms with van der Waals surface area (Å²) in [6, 6.07) is 6.13. The lowest BCUT2D eigenvalue weighted by atomic mass is 10.2. The highest BCUT2D eigenvalue weighted by atomic mass is 127. The molecule has 2 rings (SSSR count). The molecule has 0 aliphatic rings. The van der Waals surface area contributed by atoms with Crippen LogP contribution < -0.4 is 0 Å². The summed E-state index contributed by atoms with van der Waals surface area (Å²) in [5.41, 5.74) is 2.30. The number of alkyl halides is 1. The van der Waals surface area contributed by atoms with Crippen LogP contribution in [0.4, 0.5) is 0 Å². The van der Waals surface area contributed by atoms with Gasteiger partial charge >= 0.3 is 0 Å². The van der Waals surface area contributed by atoms with Gasteiger partial charge in [-0.25, -0.2) is 0 Å². The van der Waals surface area contributed by atoms with Gasteiger partial charge in [-0.2, -0.15) is 0 Å². The highest BCUT2D eigenvalue weighted by Crippen LogP contribution is 2.20. The third-order valence-electron chi connectivity index (χ3n) is 2.24. The molecule has 2 aromatic rings. The molecule has 0 bridgehead atoms. The van der Waals surface area contributed by atoms with Crippen molar-refractivity contribution in [2.24, 2.45) is 0 Å². The highest BCUT2D eigenvalue weighted by molar-refractivity contribution is 14.1. The van der Waals surface area contributed by atoms with Gasteiger partial charge in [-0.05, 0) is 47.2 Å². The maximum Gasteiger partial charge on any atom is 0.152 e. The summed E-state index contributed by atoms with van der Waals surface area (Å²) >= 11 is 8.10. The molecule has 0 aliphatic carbocycles. The number of nitrogens with zero attached hydrogens (tertiary/aromatic N) is 3. The minimum absolute atomic E-state index is 0.366. The molecule has 0 saturated carbocycles. The first-order valence-electron chi connectivity index (χ1n) is 4.44. The molecule has 5 heteroatoms. The fourth-order valence-electron chi connectivity index (χ4n) is 1.41. The number of halogens is 2. The van der Waals surface area contributed by atoms with Gasteiger partial charge in [0.15, 0.2) is 5.82 Å². The van der Waals surface area contributed by atoms with Crippen molar-refractivity contribution in [3.05, 3.63) is 39.5 Å². The zero-order chi connectivity index (χ0) is 10.8. The van der Waals surface area contributed by atoms with E-state index >= 15 is 0 Å². The van der Waals surface area contributed by atoms with Crippen LogP contribution in [0.3, 0.4) is 0 Å². The van der Waals surface area contributed by atoms with E-state index in [2.05, 4.69) is 45.8 Å². The zero-order valence-corrected chi connectivity index (χ0v) is 11.0. The monoisotopic (exact) mass is 333 g/mol. The predicted octanol–water partition coefficient (Wildman–Crippen LogP) is 2.92. The van der Waals surface area contributed by atoms with Crippen LogP contribution in [-0.4, -0.2) is 14.8 Å². The Balaban J connectivity index is 2.59. The summed E-state index contributed by atoms with van der Waals surface area (Å²) in [7, 11) is 0. The van der Waals surface area contributed by atoms with Crippen molar-refractivity contribution < 1.29 is 0 Å². The Morgan fingerprint density at radius 1 is 1.47 bits per heavy atom. The second kappa shape index (κ2) is 4.49. The van der Waals surface area contributed by atoms with Crippen molar-refractivity contribution in [2.75, 3.05) is 0 Å². The predicted molar refractivity (Wildman–Crippen MR) is 68.4 cm³/mol. The second-order valence-electron chi connectivity index (χ2n) is 3.13. The number of benzene rings is 1. The smallest absolute Gasteiger partial charge is 0.152 e. The minimum atomic E-state index is 0.366. The van der Waals surface area contributed by atoms with Crippen molar-refractivity contribution in [3.63, 3.8) is 0 Å². The van der Waals surface area contributed by atoms with Crippen LogP contribution >= 0.6 is 34.2 Å². The van der Waals surface area contributed by atoms with E-state index < -0.39 is 0 Å². The van der Waals surface area contributed by atoms with E-state index in [-0.39, 0.29) is 0 Å². The van der Waals surface area contributed by atoms with Gasteiger partial charge in [0, 0.05) is 3.57 Å². The second-order valence-corrected chi connectivity index (χ2v) is 4.56. The molecule has 0 N–H and O–H groups in total. The Bertz CT molecular complexity index is 481. The van der Waals surface area contributed by atoms with E-state index in [0.717, 1.165) is 11.5 Å². The van der Waals surface area contributed by atoms with Crippen LogP contribution in [0.1, 0.15) is 11.4 Å². The normalized spacial score (nSPS) is 10.6. The molecular formula is C10H9ClIN3. The molecule has 1 heterocycles. The van der Waals surface area contributed by atoms with Crippen LogP contribution in [0.2, 0.25) is 0 Å². The van der Waals surface area contributed by atoms with E-state index in [9.17, 15) is 0 Å². The molecule has 0 saturated heterocycles. The van der Waals surface area contributed by atoms with Gasteiger partial charge < -0.3 is 0 Å². The lowest BCUT2D eigenvalue weighted by Crippen LogP contribution is -2.01. The molecule has 0 aliphatic heterocycles. The number of hydrogen-bond acceptors (Lipinski definition) is 2. The van der Waals surface area contributed by atoms with E-state index in [1.54, 1.807) is 6.33 Å². The molecule has 0 radical (unpaired) electrons. The van der Waals surface area contributed by atoms with E-state index in [1.807, 2.05) is 16.7 Å². The van der Waals surface area contributed by atoms with E-state index in [1.165, 1.54) is 9.13 Å². The molecule has 0 unspecified atom stereocenters. The third-order valence-corrected chi connectivity index (χ3v) is 3.64. The summed E-state index contributed by atoms with van der Waals surface area (Å²) in [6.07, 6.45) is 1.69. The van der Waals surface area contributed by atoms with Gasteiger partial charge in [0.2, 0.25) is 0 Å². The molecule has 0 fully saturated rings. The zero-order valence-electron chi connectivity index (χ0n) is 8.11. The summed E-state index contributed by atoms with van der Waals surface area (Å²) < 4.78 is 3.14. The lowest BCUT2D eigenvalue weighted by molar-refractivity contribution is 0.942. The highest BCUT2D eigenvalue weighted by Gasteiger charge is 2.08. The van der Waals surface area contributed by atoms with Crippen molar-refractivity contribution >= 4 is 34.2 Å². The van der Waals surface area contributed by atoms with Gasteiger partial charge in [0.25, 0.3) is 0 Å². The van der Waals surface area contributed by atoms with Gasteiger partial charge in [-0.1, -0.05) is 6.07 Å². The summed E-state index contributed by atoms with van der Waals surface area (Å²) in [4.78, 5) is 0. The van der Waals surface area contributed by atoms with Gasteiger partial charge in [-0.15, -0.1) is 21.8 Å².